The van der Waals surface area contributed by atoms with Crippen molar-refractivity contribution in [3.63, 3.8) is 0 Å². The van der Waals surface area contributed by atoms with Crippen molar-refractivity contribution in [2.75, 3.05) is 0 Å². The number of hydrogen-bond donors (Lipinski definition) is 3. The number of aryl methyl sites for hydroxylation is 2. The minimum Gasteiger partial charge on any atom is -0.508 e. The Labute approximate surface area is 247 Å². The zero-order valence-electron chi connectivity index (χ0n) is 25.1. The van der Waals surface area contributed by atoms with E-state index in [1.165, 1.54) is 12.1 Å². The van der Waals surface area contributed by atoms with Gasteiger partial charge in [0.2, 0.25) is 0 Å². The molecule has 4 rings (SSSR count). The summed E-state index contributed by atoms with van der Waals surface area (Å²) in [6, 6.07) is 22.7. The van der Waals surface area contributed by atoms with Crippen LogP contribution in [0.4, 0.5) is 0 Å². The lowest BCUT2D eigenvalue weighted by atomic mass is 9.86. The molecule has 0 saturated carbocycles. The van der Waals surface area contributed by atoms with Crippen LogP contribution in [0, 0.1) is 13.8 Å². The largest absolute Gasteiger partial charge is 0.508 e. The van der Waals surface area contributed by atoms with E-state index in [1.807, 2.05) is 32.0 Å². The SMILES string of the molecule is Cc1cc(O)c(C(C)(C)C)cc1Sc1cc(C(C)(C)C)c(O)cc1C.O=C(Oc1cccc(O)c1)c1ccccc1. The number of ether oxygens (including phenoxy) is 1. The normalized spacial score (nSPS) is 11.4. The molecule has 3 N–H and O–H groups in total. The van der Waals surface area contributed by atoms with Crippen LogP contribution in [-0.4, -0.2) is 21.3 Å². The van der Waals surface area contributed by atoms with Crippen LogP contribution in [0.15, 0.2) is 88.7 Å². The molecule has 0 aromatic heterocycles. The summed E-state index contributed by atoms with van der Waals surface area (Å²) in [6.45, 7) is 16.7. The van der Waals surface area contributed by atoms with E-state index in [0.29, 0.717) is 22.8 Å². The fourth-order valence-corrected chi connectivity index (χ4v) is 5.20. The van der Waals surface area contributed by atoms with Crippen molar-refractivity contribution in [2.24, 2.45) is 0 Å². The quantitative estimate of drug-likeness (QED) is 0.167. The average Bonchev–Trinajstić information content (AvgIpc) is 2.86. The molecule has 0 aliphatic heterocycles. The first-order valence-corrected chi connectivity index (χ1v) is 14.3. The summed E-state index contributed by atoms with van der Waals surface area (Å²) in [7, 11) is 0. The fourth-order valence-electron chi connectivity index (χ4n) is 4.17. The van der Waals surface area contributed by atoms with E-state index in [2.05, 4.69) is 53.7 Å². The number of benzene rings is 4. The van der Waals surface area contributed by atoms with E-state index in [1.54, 1.807) is 48.2 Å². The monoisotopic (exact) mass is 572 g/mol. The molecule has 0 atom stereocenters. The molecule has 4 aromatic carbocycles. The number of carbonyl (C=O) groups is 1. The molecule has 216 valence electrons. The van der Waals surface area contributed by atoms with E-state index >= 15 is 0 Å². The highest BCUT2D eigenvalue weighted by atomic mass is 32.2. The second-order valence-corrected chi connectivity index (χ2v) is 13.2. The Kier molecular flexibility index (Phi) is 9.82. The van der Waals surface area contributed by atoms with Crippen LogP contribution in [0.1, 0.15) is 74.2 Å². The van der Waals surface area contributed by atoms with Gasteiger partial charge in [0.25, 0.3) is 0 Å². The van der Waals surface area contributed by atoms with Gasteiger partial charge in [0.15, 0.2) is 0 Å². The maximum Gasteiger partial charge on any atom is 0.343 e. The summed E-state index contributed by atoms with van der Waals surface area (Å²) >= 11 is 1.70. The number of phenols is 3. The molecule has 0 saturated heterocycles. The van der Waals surface area contributed by atoms with Gasteiger partial charge in [-0.05, 0) is 84.3 Å². The first-order valence-electron chi connectivity index (χ1n) is 13.5. The fraction of sp³-hybridized carbons (Fsp3) is 0.286. The molecule has 41 heavy (non-hydrogen) atoms. The highest BCUT2D eigenvalue weighted by Gasteiger charge is 2.22. The number of aromatic hydroxyl groups is 3. The van der Waals surface area contributed by atoms with Crippen LogP contribution in [0.5, 0.6) is 23.0 Å². The Bertz CT molecular complexity index is 1450. The number of phenolic OH excluding ortho intramolecular Hbond substituents is 3. The molecule has 0 aliphatic rings. The molecular formula is C35H40O5S. The van der Waals surface area contributed by atoms with Crippen molar-refractivity contribution >= 4 is 17.7 Å². The Morgan fingerprint density at radius 2 is 1.15 bits per heavy atom. The lowest BCUT2D eigenvalue weighted by molar-refractivity contribution is 0.0734. The van der Waals surface area contributed by atoms with Gasteiger partial charge in [-0.1, -0.05) is 77.6 Å². The second-order valence-electron chi connectivity index (χ2n) is 12.1. The molecule has 0 heterocycles. The summed E-state index contributed by atoms with van der Waals surface area (Å²) in [5.41, 5.74) is 4.26. The third-order valence-corrected chi connectivity index (χ3v) is 7.78. The van der Waals surface area contributed by atoms with Crippen LogP contribution in [0.3, 0.4) is 0 Å². The molecule has 0 radical (unpaired) electrons. The van der Waals surface area contributed by atoms with Crippen LogP contribution in [0.2, 0.25) is 0 Å². The number of hydrogen-bond acceptors (Lipinski definition) is 6. The van der Waals surface area contributed by atoms with E-state index in [4.69, 9.17) is 4.74 Å². The summed E-state index contributed by atoms with van der Waals surface area (Å²) in [5, 5.41) is 29.8. The number of carbonyl (C=O) groups excluding carboxylic acids is 1. The zero-order valence-corrected chi connectivity index (χ0v) is 25.9. The molecule has 0 unspecified atom stereocenters. The topological polar surface area (TPSA) is 87.0 Å². The van der Waals surface area contributed by atoms with Crippen LogP contribution < -0.4 is 4.74 Å². The van der Waals surface area contributed by atoms with Crippen LogP contribution in [-0.2, 0) is 10.8 Å². The third kappa shape index (κ3) is 8.54. The Hall–Kier alpha value is -3.90. The first-order chi connectivity index (χ1) is 19.1. The van der Waals surface area contributed by atoms with Gasteiger partial charge in [-0.25, -0.2) is 4.79 Å². The van der Waals surface area contributed by atoms with Gasteiger partial charge in [-0.2, -0.15) is 0 Å². The van der Waals surface area contributed by atoms with Gasteiger partial charge in [0.05, 0.1) is 5.56 Å². The molecule has 5 nitrogen and oxygen atoms in total. The lowest BCUT2D eigenvalue weighted by Crippen LogP contribution is -2.12. The van der Waals surface area contributed by atoms with Gasteiger partial charge in [0.1, 0.15) is 23.0 Å². The molecular weight excluding hydrogens is 532 g/mol. The lowest BCUT2D eigenvalue weighted by Gasteiger charge is -2.24. The Morgan fingerprint density at radius 3 is 1.59 bits per heavy atom. The molecule has 0 fully saturated rings. The molecule has 0 aliphatic carbocycles. The maximum absolute atomic E-state index is 11.6. The van der Waals surface area contributed by atoms with Gasteiger partial charge in [-0.3, -0.25) is 0 Å². The Morgan fingerprint density at radius 1 is 0.659 bits per heavy atom. The number of rotatable bonds is 4. The smallest absolute Gasteiger partial charge is 0.343 e. The van der Waals surface area contributed by atoms with E-state index < -0.39 is 5.97 Å². The van der Waals surface area contributed by atoms with Crippen molar-refractivity contribution in [3.8, 4) is 23.0 Å². The van der Waals surface area contributed by atoms with Gasteiger partial charge < -0.3 is 20.1 Å². The minimum absolute atomic E-state index is 0.0679. The Balaban J connectivity index is 0.000000248. The van der Waals surface area contributed by atoms with Gasteiger partial charge in [-0.15, -0.1) is 0 Å². The minimum atomic E-state index is -0.439. The van der Waals surface area contributed by atoms with Crippen LogP contribution >= 0.6 is 11.8 Å². The maximum atomic E-state index is 11.6. The standard InChI is InChI=1S/C22H30O2S.C13H10O3/c1-13-9-17(23)15(21(3,4)5)11-19(13)25-20-12-16(22(6,7)8)18(24)10-14(20)2;14-11-7-4-8-12(9-11)16-13(15)10-5-2-1-3-6-10/h9-12,23-24H,1-8H3;1-9,14H. The van der Waals surface area contributed by atoms with Gasteiger partial charge >= 0.3 is 5.97 Å². The zero-order chi connectivity index (χ0) is 30.5. The summed E-state index contributed by atoms with van der Waals surface area (Å²) < 4.78 is 5.08. The van der Waals surface area contributed by atoms with Crippen molar-refractivity contribution in [3.05, 3.63) is 107 Å². The molecule has 0 bridgehead atoms. The average molecular weight is 573 g/mol. The predicted molar refractivity (Wildman–Crippen MR) is 167 cm³/mol. The molecule has 0 spiro atoms. The summed E-state index contributed by atoms with van der Waals surface area (Å²) in [4.78, 5) is 13.9. The van der Waals surface area contributed by atoms with E-state index in [0.717, 1.165) is 32.0 Å². The molecule has 0 amide bonds. The third-order valence-electron chi connectivity index (χ3n) is 6.46. The second kappa shape index (κ2) is 12.7. The molecule has 6 heteroatoms. The van der Waals surface area contributed by atoms with Crippen molar-refractivity contribution in [2.45, 2.75) is 76.0 Å². The van der Waals surface area contributed by atoms with Crippen molar-refractivity contribution in [1.82, 2.24) is 0 Å². The molecule has 4 aromatic rings. The van der Waals surface area contributed by atoms with Crippen molar-refractivity contribution in [1.29, 1.82) is 0 Å². The number of esters is 1. The van der Waals surface area contributed by atoms with E-state index in [9.17, 15) is 20.1 Å². The first kappa shape index (κ1) is 31.6. The summed E-state index contributed by atoms with van der Waals surface area (Å²) in [5.74, 6) is 0.665. The van der Waals surface area contributed by atoms with Crippen LogP contribution in [0.25, 0.3) is 0 Å². The highest BCUT2D eigenvalue weighted by molar-refractivity contribution is 7.99. The van der Waals surface area contributed by atoms with Gasteiger partial charge in [0, 0.05) is 27.0 Å². The van der Waals surface area contributed by atoms with Crippen molar-refractivity contribution < 1.29 is 24.9 Å². The van der Waals surface area contributed by atoms with E-state index in [-0.39, 0.29) is 16.6 Å². The predicted octanol–water partition coefficient (Wildman–Crippen LogP) is 9.07. The highest BCUT2D eigenvalue weighted by Crippen LogP contribution is 2.42. The summed E-state index contributed by atoms with van der Waals surface area (Å²) in [6.07, 6.45) is 0.